The average molecular weight is 219 g/mol. The molecule has 0 aliphatic rings. The van der Waals surface area contributed by atoms with Crippen molar-refractivity contribution in [3.8, 4) is 5.75 Å². The topological polar surface area (TPSA) is 9.23 Å². The van der Waals surface area contributed by atoms with E-state index >= 15 is 0 Å². The zero-order valence-electron chi connectivity index (χ0n) is 7.90. The van der Waals surface area contributed by atoms with Gasteiger partial charge in [0, 0.05) is 5.02 Å². The van der Waals surface area contributed by atoms with Gasteiger partial charge >= 0.3 is 0 Å². The first-order valence-corrected chi connectivity index (χ1v) is 4.85. The Morgan fingerprint density at radius 3 is 2.31 bits per heavy atom. The van der Waals surface area contributed by atoms with Crippen molar-refractivity contribution in [3.63, 3.8) is 0 Å². The van der Waals surface area contributed by atoms with Crippen LogP contribution in [0, 0.1) is 0 Å². The van der Waals surface area contributed by atoms with Crippen LogP contribution in [0.25, 0.3) is 0 Å². The smallest absolute Gasteiger partial charge is 0.137 e. The average Bonchev–Trinajstić information content (AvgIpc) is 2.04. The second-order valence-corrected chi connectivity index (χ2v) is 3.92. The van der Waals surface area contributed by atoms with Gasteiger partial charge in [0.15, 0.2) is 0 Å². The van der Waals surface area contributed by atoms with Gasteiger partial charge in [-0.2, -0.15) is 0 Å². The molecule has 0 spiro atoms. The van der Waals surface area contributed by atoms with Crippen LogP contribution < -0.4 is 4.74 Å². The molecule has 0 aromatic heterocycles. The zero-order chi connectivity index (χ0) is 10.0. The molecule has 0 amide bonds. The summed E-state index contributed by atoms with van der Waals surface area (Å²) in [5.41, 5.74) is 0.947. The molecule has 3 heteroatoms. The van der Waals surface area contributed by atoms with E-state index in [1.165, 1.54) is 0 Å². The van der Waals surface area contributed by atoms with E-state index in [1.54, 1.807) is 13.2 Å². The highest BCUT2D eigenvalue weighted by atomic mass is 35.5. The van der Waals surface area contributed by atoms with Crippen LogP contribution in [-0.2, 0) is 0 Å². The fourth-order valence-corrected chi connectivity index (χ4v) is 2.12. The van der Waals surface area contributed by atoms with Crippen LogP contribution in [0.2, 0.25) is 10.0 Å². The van der Waals surface area contributed by atoms with E-state index in [2.05, 4.69) is 0 Å². The van der Waals surface area contributed by atoms with E-state index < -0.39 is 0 Å². The maximum atomic E-state index is 6.10. The van der Waals surface area contributed by atoms with Crippen LogP contribution in [0.4, 0.5) is 0 Å². The Balaban J connectivity index is 3.30. The molecule has 0 fully saturated rings. The fourth-order valence-electron chi connectivity index (χ4n) is 1.24. The van der Waals surface area contributed by atoms with Gasteiger partial charge in [0.2, 0.25) is 0 Å². The molecule has 13 heavy (non-hydrogen) atoms. The summed E-state index contributed by atoms with van der Waals surface area (Å²) in [5, 5.41) is 1.31. The third-order valence-electron chi connectivity index (χ3n) is 1.89. The highest BCUT2D eigenvalue weighted by Crippen LogP contribution is 2.37. The molecule has 1 aromatic carbocycles. The number of halogens is 2. The molecular weight excluding hydrogens is 207 g/mol. The predicted octanol–water partition coefficient (Wildman–Crippen LogP) is 4.13. The lowest BCUT2D eigenvalue weighted by Gasteiger charge is -2.13. The van der Waals surface area contributed by atoms with E-state index in [1.807, 2.05) is 19.9 Å². The number of ether oxygens (including phenoxy) is 1. The van der Waals surface area contributed by atoms with Crippen LogP contribution in [0.15, 0.2) is 12.1 Å². The Bertz CT molecular complexity index is 308. The van der Waals surface area contributed by atoms with Gasteiger partial charge in [0.25, 0.3) is 0 Å². The highest BCUT2D eigenvalue weighted by Gasteiger charge is 2.13. The third-order valence-corrected chi connectivity index (χ3v) is 2.61. The molecule has 0 saturated carbocycles. The molecule has 72 valence electrons. The minimum Gasteiger partial charge on any atom is -0.495 e. The van der Waals surface area contributed by atoms with Crippen molar-refractivity contribution in [2.75, 3.05) is 7.11 Å². The van der Waals surface area contributed by atoms with E-state index in [0.717, 1.165) is 5.56 Å². The van der Waals surface area contributed by atoms with Gasteiger partial charge in [-0.3, -0.25) is 0 Å². The van der Waals surface area contributed by atoms with E-state index in [-0.39, 0.29) is 0 Å². The van der Waals surface area contributed by atoms with Gasteiger partial charge in [-0.1, -0.05) is 37.0 Å². The van der Waals surface area contributed by atoms with Crippen LogP contribution in [-0.4, -0.2) is 7.11 Å². The Labute approximate surface area is 88.6 Å². The van der Waals surface area contributed by atoms with Crippen molar-refractivity contribution >= 4 is 23.2 Å². The van der Waals surface area contributed by atoms with Gasteiger partial charge in [-0.25, -0.2) is 0 Å². The van der Waals surface area contributed by atoms with Crippen LogP contribution >= 0.6 is 23.2 Å². The molecule has 0 bridgehead atoms. The summed E-state index contributed by atoms with van der Waals surface area (Å²) in [7, 11) is 1.60. The number of benzene rings is 1. The maximum Gasteiger partial charge on any atom is 0.137 e. The second kappa shape index (κ2) is 4.21. The van der Waals surface area contributed by atoms with Gasteiger partial charge in [0.1, 0.15) is 5.75 Å². The summed E-state index contributed by atoms with van der Waals surface area (Å²) in [6, 6.07) is 3.58. The second-order valence-electron chi connectivity index (χ2n) is 3.13. The quantitative estimate of drug-likeness (QED) is 0.726. The van der Waals surface area contributed by atoms with Gasteiger partial charge in [0.05, 0.1) is 12.1 Å². The van der Waals surface area contributed by atoms with Crippen molar-refractivity contribution in [3.05, 3.63) is 27.7 Å². The summed E-state index contributed by atoms with van der Waals surface area (Å²) >= 11 is 12.1. The van der Waals surface area contributed by atoms with Crippen molar-refractivity contribution in [1.29, 1.82) is 0 Å². The highest BCUT2D eigenvalue weighted by molar-refractivity contribution is 6.37. The molecule has 0 atom stereocenters. The SMILES string of the molecule is COc1ccc(Cl)c(C(C)C)c1Cl. The molecule has 0 aliphatic heterocycles. The molecule has 0 aliphatic carbocycles. The van der Waals surface area contributed by atoms with Crippen molar-refractivity contribution < 1.29 is 4.74 Å². The first-order chi connectivity index (χ1) is 6.07. The lowest BCUT2D eigenvalue weighted by molar-refractivity contribution is 0.414. The Morgan fingerprint density at radius 2 is 1.85 bits per heavy atom. The number of hydrogen-bond acceptors (Lipinski definition) is 1. The third kappa shape index (κ3) is 2.09. The monoisotopic (exact) mass is 218 g/mol. The van der Waals surface area contributed by atoms with Crippen molar-refractivity contribution in [2.24, 2.45) is 0 Å². The van der Waals surface area contributed by atoms with Crippen LogP contribution in [0.5, 0.6) is 5.75 Å². The summed E-state index contributed by atoms with van der Waals surface area (Å²) < 4.78 is 5.10. The molecule has 0 heterocycles. The van der Waals surface area contributed by atoms with E-state index in [0.29, 0.717) is 21.7 Å². The fraction of sp³-hybridized carbons (Fsp3) is 0.400. The van der Waals surface area contributed by atoms with Gasteiger partial charge < -0.3 is 4.74 Å². The largest absolute Gasteiger partial charge is 0.495 e. The minimum absolute atomic E-state index is 0.301. The normalized spacial score (nSPS) is 10.6. The standard InChI is InChI=1S/C10H12Cl2O/c1-6(2)9-7(11)4-5-8(13-3)10(9)12/h4-6H,1-3H3. The lowest BCUT2D eigenvalue weighted by atomic mass is 10.0. The molecule has 0 unspecified atom stereocenters. The van der Waals surface area contributed by atoms with E-state index in [4.69, 9.17) is 27.9 Å². The van der Waals surface area contributed by atoms with Crippen LogP contribution in [0.3, 0.4) is 0 Å². The summed E-state index contributed by atoms with van der Waals surface area (Å²) in [6.45, 7) is 4.10. The molecular formula is C10H12Cl2O. The number of methoxy groups -OCH3 is 1. The predicted molar refractivity (Wildman–Crippen MR) is 57.1 cm³/mol. The zero-order valence-corrected chi connectivity index (χ0v) is 9.41. The lowest BCUT2D eigenvalue weighted by Crippen LogP contribution is -1.93. The molecule has 0 saturated heterocycles. The maximum absolute atomic E-state index is 6.10. The first kappa shape index (κ1) is 10.7. The van der Waals surface area contributed by atoms with Crippen LogP contribution in [0.1, 0.15) is 25.3 Å². The summed E-state index contributed by atoms with van der Waals surface area (Å²) in [5.74, 6) is 0.977. The minimum atomic E-state index is 0.301. The Kier molecular flexibility index (Phi) is 3.46. The molecule has 1 nitrogen and oxygen atoms in total. The van der Waals surface area contributed by atoms with Gasteiger partial charge in [-0.15, -0.1) is 0 Å². The number of hydrogen-bond donors (Lipinski definition) is 0. The van der Waals surface area contributed by atoms with Crippen molar-refractivity contribution in [1.82, 2.24) is 0 Å². The molecule has 0 N–H and O–H groups in total. The Morgan fingerprint density at radius 1 is 1.23 bits per heavy atom. The molecule has 1 rings (SSSR count). The first-order valence-electron chi connectivity index (χ1n) is 4.09. The Hall–Kier alpha value is -0.400. The van der Waals surface area contributed by atoms with Gasteiger partial charge in [-0.05, 0) is 23.6 Å². The summed E-state index contributed by atoms with van der Waals surface area (Å²) in [6.07, 6.45) is 0. The summed E-state index contributed by atoms with van der Waals surface area (Å²) in [4.78, 5) is 0. The van der Waals surface area contributed by atoms with Crippen molar-refractivity contribution in [2.45, 2.75) is 19.8 Å². The van der Waals surface area contributed by atoms with E-state index in [9.17, 15) is 0 Å². The molecule has 0 radical (unpaired) electrons. The number of rotatable bonds is 2. The molecule has 1 aromatic rings.